The fourth-order valence-corrected chi connectivity index (χ4v) is 3.19. The first-order chi connectivity index (χ1) is 13.6. The van der Waals surface area contributed by atoms with Gasteiger partial charge in [0.2, 0.25) is 5.95 Å². The van der Waals surface area contributed by atoms with Crippen molar-refractivity contribution in [1.82, 2.24) is 9.55 Å². The predicted molar refractivity (Wildman–Crippen MR) is 111 cm³/mol. The highest BCUT2D eigenvalue weighted by atomic mass is 16.5. The Morgan fingerprint density at radius 2 is 1.86 bits per heavy atom. The molecular formula is C22H27N3O3. The molecule has 0 unspecified atom stereocenters. The molecule has 28 heavy (non-hydrogen) atoms. The van der Waals surface area contributed by atoms with E-state index in [1.807, 2.05) is 67.8 Å². The van der Waals surface area contributed by atoms with Crippen LogP contribution in [0.15, 0.2) is 42.5 Å². The predicted octanol–water partition coefficient (Wildman–Crippen LogP) is 4.10. The van der Waals surface area contributed by atoms with Crippen LogP contribution in [0.2, 0.25) is 0 Å². The number of para-hydroxylation sites is 3. The van der Waals surface area contributed by atoms with E-state index in [4.69, 9.17) is 9.47 Å². The Kier molecular flexibility index (Phi) is 6.66. The van der Waals surface area contributed by atoms with E-state index in [9.17, 15) is 4.79 Å². The van der Waals surface area contributed by atoms with Crippen LogP contribution in [0.1, 0.15) is 24.5 Å². The Morgan fingerprint density at radius 1 is 1.11 bits per heavy atom. The number of aryl methyl sites for hydroxylation is 3. The minimum atomic E-state index is -0.232. The zero-order valence-electron chi connectivity index (χ0n) is 16.7. The topological polar surface area (TPSA) is 65.4 Å². The molecule has 3 rings (SSSR count). The number of imidazole rings is 1. The van der Waals surface area contributed by atoms with Crippen molar-refractivity contribution in [2.24, 2.45) is 0 Å². The first-order valence-electron chi connectivity index (χ1n) is 9.62. The lowest BCUT2D eigenvalue weighted by Crippen LogP contribution is -2.23. The van der Waals surface area contributed by atoms with Crippen LogP contribution in [0.25, 0.3) is 11.0 Å². The first kappa shape index (κ1) is 19.9. The van der Waals surface area contributed by atoms with Crippen LogP contribution in [-0.4, -0.2) is 35.3 Å². The van der Waals surface area contributed by atoms with Gasteiger partial charge in [0.05, 0.1) is 11.0 Å². The van der Waals surface area contributed by atoms with E-state index in [-0.39, 0.29) is 12.5 Å². The summed E-state index contributed by atoms with van der Waals surface area (Å²) < 4.78 is 13.2. The smallest absolute Gasteiger partial charge is 0.264 e. The Labute approximate surface area is 165 Å². The number of ether oxygens (including phenoxy) is 2. The fraction of sp³-hybridized carbons (Fsp3) is 0.364. The second kappa shape index (κ2) is 9.37. The van der Waals surface area contributed by atoms with E-state index in [1.54, 1.807) is 0 Å². The number of fused-ring (bicyclic) bond motifs is 1. The van der Waals surface area contributed by atoms with Crippen molar-refractivity contribution >= 4 is 22.9 Å². The maximum absolute atomic E-state index is 12.5. The second-order valence-electron chi connectivity index (χ2n) is 6.68. The van der Waals surface area contributed by atoms with Gasteiger partial charge in [-0.05, 0) is 50.5 Å². The Hall–Kier alpha value is -2.86. The van der Waals surface area contributed by atoms with E-state index in [0.717, 1.165) is 34.3 Å². The third kappa shape index (κ3) is 4.70. The highest BCUT2D eigenvalue weighted by Crippen LogP contribution is 2.23. The number of carbonyl (C=O) groups is 1. The highest BCUT2D eigenvalue weighted by molar-refractivity contribution is 5.92. The number of carbonyl (C=O) groups excluding carboxylic acids is 1. The molecule has 1 amide bonds. The monoisotopic (exact) mass is 381 g/mol. The maximum atomic E-state index is 12.5. The van der Waals surface area contributed by atoms with Crippen molar-refractivity contribution in [2.45, 2.75) is 33.7 Å². The molecule has 0 spiro atoms. The van der Waals surface area contributed by atoms with Crippen molar-refractivity contribution in [3.05, 3.63) is 53.6 Å². The lowest BCUT2D eigenvalue weighted by Gasteiger charge is -2.13. The molecule has 2 aromatic carbocycles. The van der Waals surface area contributed by atoms with Crippen LogP contribution < -0.4 is 10.1 Å². The van der Waals surface area contributed by atoms with Gasteiger partial charge in [-0.2, -0.15) is 0 Å². The maximum Gasteiger partial charge on any atom is 0.264 e. The number of benzene rings is 2. The molecule has 1 N–H and O–H groups in total. The SMILES string of the molecule is CCOCCCn1c(NC(=O)COc2c(C)cccc2C)nc2ccccc21. The molecule has 0 aliphatic rings. The summed E-state index contributed by atoms with van der Waals surface area (Å²) in [5, 5.41) is 2.90. The third-order valence-electron chi connectivity index (χ3n) is 4.54. The Morgan fingerprint density at radius 3 is 2.61 bits per heavy atom. The molecule has 6 nitrogen and oxygen atoms in total. The second-order valence-corrected chi connectivity index (χ2v) is 6.68. The lowest BCUT2D eigenvalue weighted by atomic mass is 10.1. The zero-order valence-corrected chi connectivity index (χ0v) is 16.7. The molecule has 1 aromatic heterocycles. The largest absolute Gasteiger partial charge is 0.483 e. The van der Waals surface area contributed by atoms with Crippen LogP contribution in [0, 0.1) is 13.8 Å². The normalized spacial score (nSPS) is 11.0. The molecular weight excluding hydrogens is 354 g/mol. The zero-order chi connectivity index (χ0) is 19.9. The molecule has 6 heteroatoms. The van der Waals surface area contributed by atoms with Crippen LogP contribution >= 0.6 is 0 Å². The molecule has 0 bridgehead atoms. The Bertz CT molecular complexity index is 929. The summed E-state index contributed by atoms with van der Waals surface area (Å²) in [6.45, 7) is 7.95. The molecule has 0 aliphatic heterocycles. The molecule has 0 saturated heterocycles. The van der Waals surface area contributed by atoms with Crippen molar-refractivity contribution < 1.29 is 14.3 Å². The summed E-state index contributed by atoms with van der Waals surface area (Å²) in [6, 6.07) is 13.8. The average Bonchev–Trinajstić information content (AvgIpc) is 3.02. The highest BCUT2D eigenvalue weighted by Gasteiger charge is 2.14. The number of rotatable bonds is 9. The van der Waals surface area contributed by atoms with E-state index in [2.05, 4.69) is 10.3 Å². The minimum Gasteiger partial charge on any atom is -0.483 e. The van der Waals surface area contributed by atoms with Gasteiger partial charge < -0.3 is 14.0 Å². The quantitative estimate of drug-likeness (QED) is 0.567. The Balaban J connectivity index is 1.71. The molecule has 0 saturated carbocycles. The van der Waals surface area contributed by atoms with Crippen LogP contribution in [0.5, 0.6) is 5.75 Å². The molecule has 0 atom stereocenters. The van der Waals surface area contributed by atoms with Gasteiger partial charge in [-0.25, -0.2) is 4.98 Å². The molecule has 1 heterocycles. The summed E-state index contributed by atoms with van der Waals surface area (Å²) in [6.07, 6.45) is 0.843. The third-order valence-corrected chi connectivity index (χ3v) is 4.54. The van der Waals surface area contributed by atoms with Crippen LogP contribution in [-0.2, 0) is 16.1 Å². The van der Waals surface area contributed by atoms with Gasteiger partial charge in [-0.3, -0.25) is 10.1 Å². The fourth-order valence-electron chi connectivity index (χ4n) is 3.19. The molecule has 0 fully saturated rings. The van der Waals surface area contributed by atoms with Gasteiger partial charge in [-0.1, -0.05) is 30.3 Å². The summed E-state index contributed by atoms with van der Waals surface area (Å²) in [5.41, 5.74) is 3.86. The molecule has 0 aliphatic carbocycles. The van der Waals surface area contributed by atoms with Gasteiger partial charge in [0.25, 0.3) is 5.91 Å². The number of aromatic nitrogens is 2. The lowest BCUT2D eigenvalue weighted by molar-refractivity contribution is -0.118. The number of nitrogens with zero attached hydrogens (tertiary/aromatic N) is 2. The number of nitrogens with one attached hydrogen (secondary N) is 1. The van der Waals surface area contributed by atoms with Gasteiger partial charge in [-0.15, -0.1) is 0 Å². The summed E-state index contributed by atoms with van der Waals surface area (Å²) in [7, 11) is 0. The summed E-state index contributed by atoms with van der Waals surface area (Å²) >= 11 is 0. The molecule has 3 aromatic rings. The van der Waals surface area contributed by atoms with Crippen molar-refractivity contribution in [3.8, 4) is 5.75 Å². The van der Waals surface area contributed by atoms with E-state index < -0.39 is 0 Å². The van der Waals surface area contributed by atoms with Crippen LogP contribution in [0.3, 0.4) is 0 Å². The van der Waals surface area contributed by atoms with Crippen molar-refractivity contribution in [2.75, 3.05) is 25.1 Å². The van der Waals surface area contributed by atoms with Crippen molar-refractivity contribution in [3.63, 3.8) is 0 Å². The first-order valence-corrected chi connectivity index (χ1v) is 9.62. The van der Waals surface area contributed by atoms with Gasteiger partial charge in [0.1, 0.15) is 5.75 Å². The number of anilines is 1. The van der Waals surface area contributed by atoms with Crippen LogP contribution in [0.4, 0.5) is 5.95 Å². The van der Waals surface area contributed by atoms with E-state index >= 15 is 0 Å². The van der Waals surface area contributed by atoms with E-state index in [1.165, 1.54) is 0 Å². The number of amides is 1. The summed E-state index contributed by atoms with van der Waals surface area (Å²) in [4.78, 5) is 17.1. The summed E-state index contributed by atoms with van der Waals surface area (Å²) in [5.74, 6) is 1.06. The van der Waals surface area contributed by atoms with Gasteiger partial charge in [0, 0.05) is 19.8 Å². The molecule has 148 valence electrons. The number of hydrogen-bond donors (Lipinski definition) is 1. The number of hydrogen-bond acceptors (Lipinski definition) is 4. The molecule has 0 radical (unpaired) electrons. The van der Waals surface area contributed by atoms with Gasteiger partial charge in [0.15, 0.2) is 6.61 Å². The van der Waals surface area contributed by atoms with Crippen molar-refractivity contribution in [1.29, 1.82) is 0 Å². The standard InChI is InChI=1S/C22H27N3O3/c1-4-27-14-8-13-25-19-12-6-5-11-18(19)23-22(25)24-20(26)15-28-21-16(2)9-7-10-17(21)3/h5-7,9-12H,4,8,13-15H2,1-3H3,(H,23,24,26). The minimum absolute atomic E-state index is 0.0617. The van der Waals surface area contributed by atoms with Gasteiger partial charge >= 0.3 is 0 Å². The van der Waals surface area contributed by atoms with E-state index in [0.29, 0.717) is 25.7 Å². The average molecular weight is 381 g/mol.